The van der Waals surface area contributed by atoms with Crippen molar-refractivity contribution in [3.8, 4) is 0 Å². The molecule has 2 saturated heterocycles. The number of hydrogen-bond acceptors (Lipinski definition) is 4. The van der Waals surface area contributed by atoms with Gasteiger partial charge in [-0.1, -0.05) is 0 Å². The van der Waals surface area contributed by atoms with Crippen LogP contribution in [0, 0.1) is 6.92 Å². The van der Waals surface area contributed by atoms with Gasteiger partial charge in [0.1, 0.15) is 11.9 Å². The molecule has 0 spiro atoms. The van der Waals surface area contributed by atoms with Crippen molar-refractivity contribution >= 4 is 10.2 Å². The van der Waals surface area contributed by atoms with E-state index >= 15 is 0 Å². The SMILES string of the molecule is Cc1cnc(C2COCCN2S(=O)(=O)N2CCCC2)[nH]1. The number of aromatic nitrogens is 2. The van der Waals surface area contributed by atoms with E-state index in [9.17, 15) is 8.42 Å². The highest BCUT2D eigenvalue weighted by atomic mass is 32.2. The fourth-order valence-corrected chi connectivity index (χ4v) is 4.55. The average Bonchev–Trinajstić information content (AvgIpc) is 3.10. The van der Waals surface area contributed by atoms with E-state index in [2.05, 4.69) is 9.97 Å². The van der Waals surface area contributed by atoms with Crippen LogP contribution < -0.4 is 0 Å². The van der Waals surface area contributed by atoms with Crippen molar-refractivity contribution in [2.24, 2.45) is 0 Å². The quantitative estimate of drug-likeness (QED) is 0.878. The van der Waals surface area contributed by atoms with E-state index in [1.165, 1.54) is 4.31 Å². The number of H-pyrrole nitrogens is 1. The fourth-order valence-electron chi connectivity index (χ4n) is 2.75. The lowest BCUT2D eigenvalue weighted by Gasteiger charge is -2.35. The third-order valence-electron chi connectivity index (χ3n) is 3.81. The lowest BCUT2D eigenvalue weighted by Crippen LogP contribution is -2.49. The molecule has 2 fully saturated rings. The Hall–Kier alpha value is -0.960. The molecule has 0 aromatic carbocycles. The van der Waals surface area contributed by atoms with Crippen LogP contribution in [-0.4, -0.2) is 59.8 Å². The van der Waals surface area contributed by atoms with Gasteiger partial charge in [0.25, 0.3) is 10.2 Å². The molecule has 1 atom stereocenters. The molecule has 0 amide bonds. The van der Waals surface area contributed by atoms with Crippen molar-refractivity contribution in [3.05, 3.63) is 17.7 Å². The Morgan fingerprint density at radius 3 is 2.75 bits per heavy atom. The van der Waals surface area contributed by atoms with Crippen LogP contribution >= 0.6 is 0 Å². The topological polar surface area (TPSA) is 78.5 Å². The van der Waals surface area contributed by atoms with Crippen LogP contribution in [0.2, 0.25) is 0 Å². The van der Waals surface area contributed by atoms with Crippen LogP contribution in [0.1, 0.15) is 30.4 Å². The summed E-state index contributed by atoms with van der Waals surface area (Å²) < 4.78 is 34.0. The summed E-state index contributed by atoms with van der Waals surface area (Å²) >= 11 is 0. The molecule has 2 aliphatic heterocycles. The molecule has 1 unspecified atom stereocenters. The number of aryl methyl sites for hydroxylation is 1. The number of aromatic amines is 1. The molecule has 0 saturated carbocycles. The van der Waals surface area contributed by atoms with Gasteiger partial charge in [0, 0.05) is 31.5 Å². The van der Waals surface area contributed by atoms with E-state index in [-0.39, 0.29) is 6.04 Å². The molecule has 1 aromatic rings. The zero-order valence-corrected chi connectivity index (χ0v) is 12.4. The van der Waals surface area contributed by atoms with Gasteiger partial charge in [0.15, 0.2) is 0 Å². The molecule has 112 valence electrons. The van der Waals surface area contributed by atoms with Crippen molar-refractivity contribution in [1.29, 1.82) is 0 Å². The first kappa shape index (κ1) is 14.0. The first-order chi connectivity index (χ1) is 9.59. The lowest BCUT2D eigenvalue weighted by molar-refractivity contribution is 0.0267. The Labute approximate surface area is 119 Å². The van der Waals surface area contributed by atoms with E-state index in [1.807, 2.05) is 6.92 Å². The Balaban J connectivity index is 1.88. The van der Waals surface area contributed by atoms with Gasteiger partial charge in [0.2, 0.25) is 0 Å². The molecule has 7 nitrogen and oxygen atoms in total. The van der Waals surface area contributed by atoms with Gasteiger partial charge in [-0.2, -0.15) is 17.0 Å². The molecular formula is C12H20N4O3S. The first-order valence-electron chi connectivity index (χ1n) is 6.95. The van der Waals surface area contributed by atoms with Crippen LogP contribution in [-0.2, 0) is 14.9 Å². The van der Waals surface area contributed by atoms with Crippen LogP contribution in [0.25, 0.3) is 0 Å². The highest BCUT2D eigenvalue weighted by molar-refractivity contribution is 7.86. The standard InChI is InChI=1S/C12H20N4O3S/c1-10-8-13-12(14-10)11-9-19-7-6-16(11)20(17,18)15-4-2-3-5-15/h8,11H,2-7,9H2,1H3,(H,13,14). The van der Waals surface area contributed by atoms with Gasteiger partial charge in [-0.3, -0.25) is 0 Å². The predicted molar refractivity (Wildman–Crippen MR) is 73.3 cm³/mol. The number of rotatable bonds is 3. The minimum absolute atomic E-state index is 0.347. The summed E-state index contributed by atoms with van der Waals surface area (Å²) in [4.78, 5) is 7.39. The van der Waals surface area contributed by atoms with E-state index in [1.54, 1.807) is 10.5 Å². The second-order valence-corrected chi connectivity index (χ2v) is 7.15. The molecule has 3 rings (SSSR count). The van der Waals surface area contributed by atoms with Crippen molar-refractivity contribution in [3.63, 3.8) is 0 Å². The Morgan fingerprint density at radius 1 is 1.35 bits per heavy atom. The van der Waals surface area contributed by atoms with E-state index in [0.717, 1.165) is 18.5 Å². The Kier molecular flexibility index (Phi) is 3.80. The van der Waals surface area contributed by atoms with Crippen LogP contribution in [0.15, 0.2) is 6.20 Å². The van der Waals surface area contributed by atoms with Crippen LogP contribution in [0.4, 0.5) is 0 Å². The van der Waals surface area contributed by atoms with Crippen molar-refractivity contribution in [2.75, 3.05) is 32.8 Å². The van der Waals surface area contributed by atoms with Crippen molar-refractivity contribution in [1.82, 2.24) is 18.6 Å². The van der Waals surface area contributed by atoms with E-state index < -0.39 is 10.2 Å². The normalized spacial score (nSPS) is 26.1. The zero-order chi connectivity index (χ0) is 14.2. The lowest BCUT2D eigenvalue weighted by atomic mass is 10.2. The molecule has 0 radical (unpaired) electrons. The van der Waals surface area contributed by atoms with Gasteiger partial charge in [0.05, 0.1) is 13.2 Å². The molecule has 20 heavy (non-hydrogen) atoms. The second kappa shape index (κ2) is 5.44. The number of ether oxygens (including phenoxy) is 1. The van der Waals surface area contributed by atoms with Gasteiger partial charge in [-0.15, -0.1) is 0 Å². The molecule has 2 aliphatic rings. The summed E-state index contributed by atoms with van der Waals surface area (Å²) in [6.07, 6.45) is 3.59. The van der Waals surface area contributed by atoms with Crippen molar-refractivity contribution in [2.45, 2.75) is 25.8 Å². The second-order valence-electron chi connectivity index (χ2n) is 5.27. The first-order valence-corrected chi connectivity index (χ1v) is 8.35. The summed E-state index contributed by atoms with van der Waals surface area (Å²) in [5.74, 6) is 0.657. The number of hydrogen-bond donors (Lipinski definition) is 1. The number of imidazole rings is 1. The van der Waals surface area contributed by atoms with Gasteiger partial charge in [-0.25, -0.2) is 4.98 Å². The molecule has 1 N–H and O–H groups in total. The number of nitrogens with zero attached hydrogens (tertiary/aromatic N) is 3. The van der Waals surface area contributed by atoms with Gasteiger partial charge >= 0.3 is 0 Å². The summed E-state index contributed by atoms with van der Waals surface area (Å²) in [6.45, 7) is 4.29. The number of nitrogens with one attached hydrogen (secondary N) is 1. The monoisotopic (exact) mass is 300 g/mol. The zero-order valence-electron chi connectivity index (χ0n) is 11.6. The van der Waals surface area contributed by atoms with Gasteiger partial charge in [-0.05, 0) is 19.8 Å². The number of morpholine rings is 1. The minimum Gasteiger partial charge on any atom is -0.378 e. The third kappa shape index (κ3) is 2.48. The van der Waals surface area contributed by atoms with Gasteiger partial charge < -0.3 is 9.72 Å². The maximum Gasteiger partial charge on any atom is 0.282 e. The largest absolute Gasteiger partial charge is 0.378 e. The van der Waals surface area contributed by atoms with Crippen LogP contribution in [0.5, 0.6) is 0 Å². The van der Waals surface area contributed by atoms with Crippen LogP contribution in [0.3, 0.4) is 0 Å². The Morgan fingerprint density at radius 2 is 2.10 bits per heavy atom. The van der Waals surface area contributed by atoms with E-state index in [4.69, 9.17) is 4.74 Å². The average molecular weight is 300 g/mol. The third-order valence-corrected chi connectivity index (χ3v) is 5.85. The summed E-state index contributed by atoms with van der Waals surface area (Å²) in [5.41, 5.74) is 0.920. The molecule has 1 aromatic heterocycles. The minimum atomic E-state index is -3.42. The maximum atomic E-state index is 12.7. The smallest absolute Gasteiger partial charge is 0.282 e. The summed E-state index contributed by atoms with van der Waals surface area (Å²) in [6, 6.07) is -0.358. The highest BCUT2D eigenvalue weighted by Crippen LogP contribution is 2.28. The Bertz CT molecular complexity index is 565. The molecule has 0 aliphatic carbocycles. The maximum absolute atomic E-state index is 12.7. The predicted octanol–water partition coefficient (Wildman–Crippen LogP) is 0.432. The molecule has 8 heteroatoms. The highest BCUT2D eigenvalue weighted by Gasteiger charge is 2.39. The van der Waals surface area contributed by atoms with Crippen molar-refractivity contribution < 1.29 is 13.2 Å². The molecule has 3 heterocycles. The summed E-state index contributed by atoms with van der Waals surface area (Å²) in [7, 11) is -3.42. The fraction of sp³-hybridized carbons (Fsp3) is 0.750. The summed E-state index contributed by atoms with van der Waals surface area (Å²) in [5, 5.41) is 0. The molecular weight excluding hydrogens is 280 g/mol. The van der Waals surface area contributed by atoms with E-state index in [0.29, 0.717) is 38.7 Å². The molecule has 0 bridgehead atoms.